The quantitative estimate of drug-likeness (QED) is 0.855. The summed E-state index contributed by atoms with van der Waals surface area (Å²) >= 11 is 2.82. The van der Waals surface area contributed by atoms with E-state index in [0.29, 0.717) is 17.3 Å². The van der Waals surface area contributed by atoms with Crippen molar-refractivity contribution in [3.63, 3.8) is 0 Å². The Kier molecular flexibility index (Phi) is 4.98. The molecule has 0 fully saturated rings. The second kappa shape index (κ2) is 6.36. The average molecular weight is 331 g/mol. The second-order valence-electron chi connectivity index (χ2n) is 4.42. The number of thiophene rings is 2. The Hall–Kier alpha value is -0.730. The van der Waals surface area contributed by atoms with Crippen molar-refractivity contribution in [1.82, 2.24) is 4.72 Å². The van der Waals surface area contributed by atoms with E-state index in [1.54, 1.807) is 17.4 Å². The summed E-state index contributed by atoms with van der Waals surface area (Å²) in [6, 6.07) is 3.72. The Morgan fingerprint density at radius 1 is 1.35 bits per heavy atom. The van der Waals surface area contributed by atoms with E-state index in [1.165, 1.54) is 16.9 Å². The molecule has 0 saturated heterocycles. The Labute approximate surface area is 127 Å². The Balaban J connectivity index is 2.15. The molecule has 4 nitrogen and oxygen atoms in total. The SMILES string of the molecule is CCc1ccsc1CNS(=O)(=O)c1cc(C)c(CN)s1. The van der Waals surface area contributed by atoms with Gasteiger partial charge in [-0.1, -0.05) is 6.92 Å². The van der Waals surface area contributed by atoms with Crippen LogP contribution >= 0.6 is 22.7 Å². The fourth-order valence-electron chi connectivity index (χ4n) is 1.89. The topological polar surface area (TPSA) is 72.2 Å². The number of aryl methyl sites for hydroxylation is 2. The normalized spacial score (nSPS) is 11.9. The third-order valence-corrected chi connectivity index (χ3v) is 7.19. The molecule has 2 aromatic rings. The third kappa shape index (κ3) is 3.29. The van der Waals surface area contributed by atoms with E-state index in [2.05, 4.69) is 11.6 Å². The van der Waals surface area contributed by atoms with Crippen LogP contribution in [0.1, 0.15) is 27.8 Å². The average Bonchev–Trinajstić information content (AvgIpc) is 3.02. The van der Waals surface area contributed by atoms with E-state index in [1.807, 2.05) is 18.4 Å². The lowest BCUT2D eigenvalue weighted by Gasteiger charge is -2.05. The van der Waals surface area contributed by atoms with Gasteiger partial charge in [0, 0.05) is 22.8 Å². The number of sulfonamides is 1. The maximum atomic E-state index is 12.3. The molecule has 0 spiro atoms. The minimum Gasteiger partial charge on any atom is -0.326 e. The van der Waals surface area contributed by atoms with Crippen LogP contribution in [0.2, 0.25) is 0 Å². The van der Waals surface area contributed by atoms with Gasteiger partial charge in [-0.25, -0.2) is 13.1 Å². The van der Waals surface area contributed by atoms with Gasteiger partial charge in [-0.2, -0.15) is 0 Å². The summed E-state index contributed by atoms with van der Waals surface area (Å²) in [5, 5.41) is 1.99. The first kappa shape index (κ1) is 15.7. The Morgan fingerprint density at radius 2 is 2.10 bits per heavy atom. The zero-order valence-electron chi connectivity index (χ0n) is 11.5. The van der Waals surface area contributed by atoms with Crippen molar-refractivity contribution in [3.8, 4) is 0 Å². The summed E-state index contributed by atoms with van der Waals surface area (Å²) in [5.74, 6) is 0. The smallest absolute Gasteiger partial charge is 0.250 e. The van der Waals surface area contributed by atoms with E-state index in [4.69, 9.17) is 5.73 Å². The zero-order chi connectivity index (χ0) is 14.8. The van der Waals surface area contributed by atoms with Crippen molar-refractivity contribution in [2.24, 2.45) is 5.73 Å². The highest BCUT2D eigenvalue weighted by molar-refractivity contribution is 7.91. The lowest BCUT2D eigenvalue weighted by atomic mass is 10.2. The maximum absolute atomic E-state index is 12.3. The summed E-state index contributed by atoms with van der Waals surface area (Å²) in [7, 11) is -3.45. The van der Waals surface area contributed by atoms with Crippen LogP contribution in [-0.2, 0) is 29.5 Å². The minimum atomic E-state index is -3.45. The first-order valence-corrected chi connectivity index (χ1v) is 9.50. The van der Waals surface area contributed by atoms with Crippen molar-refractivity contribution in [1.29, 1.82) is 0 Å². The van der Waals surface area contributed by atoms with Gasteiger partial charge in [-0.05, 0) is 42.0 Å². The summed E-state index contributed by atoms with van der Waals surface area (Å²) < 4.78 is 27.6. The largest absolute Gasteiger partial charge is 0.326 e. The molecular formula is C13H18N2O2S3. The lowest BCUT2D eigenvalue weighted by molar-refractivity contribution is 0.583. The number of nitrogens with two attached hydrogens (primary N) is 1. The van der Waals surface area contributed by atoms with Crippen LogP contribution in [0.5, 0.6) is 0 Å². The first-order valence-electron chi connectivity index (χ1n) is 6.32. The van der Waals surface area contributed by atoms with E-state index in [9.17, 15) is 8.42 Å². The molecular weight excluding hydrogens is 312 g/mol. The van der Waals surface area contributed by atoms with Crippen molar-refractivity contribution in [2.75, 3.05) is 0 Å². The van der Waals surface area contributed by atoms with E-state index < -0.39 is 10.0 Å². The third-order valence-electron chi connectivity index (χ3n) is 3.09. The van der Waals surface area contributed by atoms with Gasteiger partial charge < -0.3 is 5.73 Å². The second-order valence-corrected chi connectivity index (χ2v) is 8.55. The van der Waals surface area contributed by atoms with Crippen LogP contribution in [0, 0.1) is 6.92 Å². The number of hydrogen-bond donors (Lipinski definition) is 2. The molecule has 0 radical (unpaired) electrons. The van der Waals surface area contributed by atoms with Crippen molar-refractivity contribution < 1.29 is 8.42 Å². The van der Waals surface area contributed by atoms with Crippen molar-refractivity contribution in [3.05, 3.63) is 38.4 Å². The van der Waals surface area contributed by atoms with Crippen molar-refractivity contribution >= 4 is 32.7 Å². The molecule has 7 heteroatoms. The van der Waals surface area contributed by atoms with E-state index >= 15 is 0 Å². The monoisotopic (exact) mass is 330 g/mol. The predicted octanol–water partition coefficient (Wildman–Crippen LogP) is 2.62. The van der Waals surface area contributed by atoms with Crippen LogP contribution in [0.15, 0.2) is 21.7 Å². The van der Waals surface area contributed by atoms with Crippen LogP contribution in [0.25, 0.3) is 0 Å². The van der Waals surface area contributed by atoms with Crippen LogP contribution < -0.4 is 10.5 Å². The fourth-order valence-corrected chi connectivity index (χ4v) is 5.41. The first-order chi connectivity index (χ1) is 9.47. The summed E-state index contributed by atoms with van der Waals surface area (Å²) in [5.41, 5.74) is 7.72. The van der Waals surface area contributed by atoms with Gasteiger partial charge in [-0.3, -0.25) is 0 Å². The van der Waals surface area contributed by atoms with Crippen molar-refractivity contribution in [2.45, 2.75) is 37.6 Å². The molecule has 0 aliphatic carbocycles. The maximum Gasteiger partial charge on any atom is 0.250 e. The van der Waals surface area contributed by atoms with Gasteiger partial charge >= 0.3 is 0 Å². The Morgan fingerprint density at radius 3 is 2.70 bits per heavy atom. The molecule has 0 atom stereocenters. The highest BCUT2D eigenvalue weighted by Crippen LogP contribution is 2.26. The molecule has 0 aliphatic rings. The van der Waals surface area contributed by atoms with Gasteiger partial charge in [-0.15, -0.1) is 22.7 Å². The molecule has 0 unspecified atom stereocenters. The summed E-state index contributed by atoms with van der Waals surface area (Å²) in [6.45, 7) is 4.66. The standard InChI is InChI=1S/C13H18N2O2S3/c1-3-10-4-5-18-12(10)8-15-20(16,17)13-6-9(2)11(7-14)19-13/h4-6,15H,3,7-8,14H2,1-2H3. The molecule has 2 rings (SSSR count). The zero-order valence-corrected chi connectivity index (χ0v) is 13.9. The van der Waals surface area contributed by atoms with Gasteiger partial charge in [0.15, 0.2) is 0 Å². The van der Waals surface area contributed by atoms with E-state index in [-0.39, 0.29) is 0 Å². The van der Waals surface area contributed by atoms with Crippen LogP contribution in [0.3, 0.4) is 0 Å². The van der Waals surface area contributed by atoms with Gasteiger partial charge in [0.25, 0.3) is 0 Å². The molecule has 0 saturated carbocycles. The van der Waals surface area contributed by atoms with E-state index in [0.717, 1.165) is 21.7 Å². The van der Waals surface area contributed by atoms with Crippen LogP contribution in [0.4, 0.5) is 0 Å². The minimum absolute atomic E-state index is 0.338. The molecule has 0 aliphatic heterocycles. The number of nitrogens with one attached hydrogen (secondary N) is 1. The van der Waals surface area contributed by atoms with Gasteiger partial charge in [0.1, 0.15) is 4.21 Å². The Bertz CT molecular complexity index is 686. The molecule has 0 amide bonds. The van der Waals surface area contributed by atoms with Gasteiger partial charge in [0.05, 0.1) is 0 Å². The summed E-state index contributed by atoms with van der Waals surface area (Å²) in [6.07, 6.45) is 0.913. The fraction of sp³-hybridized carbons (Fsp3) is 0.385. The number of rotatable bonds is 6. The molecule has 110 valence electrons. The molecule has 2 aromatic heterocycles. The molecule has 3 N–H and O–H groups in total. The highest BCUT2D eigenvalue weighted by Gasteiger charge is 2.18. The predicted molar refractivity (Wildman–Crippen MR) is 84.7 cm³/mol. The highest BCUT2D eigenvalue weighted by atomic mass is 32.2. The summed E-state index contributed by atoms with van der Waals surface area (Å²) in [4.78, 5) is 1.99. The molecule has 20 heavy (non-hydrogen) atoms. The molecule has 0 aromatic carbocycles. The molecule has 2 heterocycles. The lowest BCUT2D eigenvalue weighted by Crippen LogP contribution is -2.22. The molecule has 0 bridgehead atoms. The van der Waals surface area contributed by atoms with Crippen LogP contribution in [-0.4, -0.2) is 8.42 Å². The van der Waals surface area contributed by atoms with Gasteiger partial charge in [0.2, 0.25) is 10.0 Å². The number of hydrogen-bond acceptors (Lipinski definition) is 5.